The van der Waals surface area contributed by atoms with E-state index in [0.29, 0.717) is 0 Å². The lowest BCUT2D eigenvalue weighted by atomic mass is 9.87. The number of benzene rings is 1. The molecule has 1 N–H and O–H groups in total. The average Bonchev–Trinajstić information content (AvgIpc) is 2.47. The fourth-order valence-corrected chi connectivity index (χ4v) is 2.34. The monoisotopic (exact) mass is 263 g/mol. The number of allylic oxidation sites excluding steroid dienone is 2. The zero-order valence-electron chi connectivity index (χ0n) is 10.9. The van der Waals surface area contributed by atoms with Crippen LogP contribution in [0.4, 0.5) is 10.1 Å². The second-order valence-electron chi connectivity index (χ2n) is 4.70. The number of carbonyl (C=O) groups excluding carboxylic acids is 1. The van der Waals surface area contributed by atoms with E-state index in [9.17, 15) is 9.18 Å². The summed E-state index contributed by atoms with van der Waals surface area (Å²) in [6.07, 6.45) is 7.00. The molecule has 4 heteroatoms. The van der Waals surface area contributed by atoms with Crippen molar-refractivity contribution in [1.29, 1.82) is 0 Å². The first kappa shape index (κ1) is 13.6. The molecule has 0 saturated heterocycles. The number of rotatable bonds is 4. The third kappa shape index (κ3) is 3.56. The van der Waals surface area contributed by atoms with Gasteiger partial charge in [-0.15, -0.1) is 0 Å². The molecule has 0 heterocycles. The van der Waals surface area contributed by atoms with Gasteiger partial charge < -0.3 is 10.1 Å². The van der Waals surface area contributed by atoms with Crippen LogP contribution < -0.4 is 5.32 Å². The van der Waals surface area contributed by atoms with Crippen molar-refractivity contribution in [2.75, 3.05) is 12.4 Å². The first-order chi connectivity index (χ1) is 9.20. The molecule has 102 valence electrons. The standard InChI is InChI=1S/C15H18FNO2/c1-19-15(18)14(11-5-3-2-4-6-11)17-13-9-7-12(16)8-10-13/h2-3,7-11,14,17H,4-6H2,1H3. The molecule has 1 aromatic rings. The minimum absolute atomic E-state index is 0.211. The smallest absolute Gasteiger partial charge is 0.328 e. The van der Waals surface area contributed by atoms with Crippen LogP contribution in [0.1, 0.15) is 19.3 Å². The molecule has 1 aliphatic carbocycles. The Balaban J connectivity index is 2.11. The van der Waals surface area contributed by atoms with Gasteiger partial charge in [0.05, 0.1) is 7.11 Å². The molecule has 0 fully saturated rings. The van der Waals surface area contributed by atoms with Gasteiger partial charge in [0.1, 0.15) is 11.9 Å². The van der Waals surface area contributed by atoms with E-state index >= 15 is 0 Å². The number of hydrogen-bond donors (Lipinski definition) is 1. The number of hydrogen-bond acceptors (Lipinski definition) is 3. The molecule has 19 heavy (non-hydrogen) atoms. The normalized spacial score (nSPS) is 19.8. The van der Waals surface area contributed by atoms with Gasteiger partial charge in [0, 0.05) is 5.69 Å². The van der Waals surface area contributed by atoms with Crippen LogP contribution in [0, 0.1) is 11.7 Å². The Morgan fingerprint density at radius 2 is 2.11 bits per heavy atom. The predicted octanol–water partition coefficient (Wildman–Crippen LogP) is 3.14. The summed E-state index contributed by atoms with van der Waals surface area (Å²) in [5.41, 5.74) is 0.728. The lowest BCUT2D eigenvalue weighted by Crippen LogP contribution is -2.38. The van der Waals surface area contributed by atoms with Crippen LogP contribution in [0.2, 0.25) is 0 Å². The number of methoxy groups -OCH3 is 1. The Hall–Kier alpha value is -1.84. The summed E-state index contributed by atoms with van der Waals surface area (Å²) >= 11 is 0. The second kappa shape index (κ2) is 6.36. The SMILES string of the molecule is COC(=O)C(Nc1ccc(F)cc1)C1CC=CCC1. The van der Waals surface area contributed by atoms with Crippen molar-refractivity contribution >= 4 is 11.7 Å². The number of ether oxygens (including phenoxy) is 1. The molecule has 0 aromatic heterocycles. The molecule has 1 aromatic carbocycles. The summed E-state index contributed by atoms with van der Waals surface area (Å²) in [7, 11) is 1.39. The van der Waals surface area contributed by atoms with Gasteiger partial charge >= 0.3 is 5.97 Å². The number of halogens is 1. The van der Waals surface area contributed by atoms with Crippen molar-refractivity contribution in [2.45, 2.75) is 25.3 Å². The molecular formula is C15H18FNO2. The Morgan fingerprint density at radius 1 is 1.37 bits per heavy atom. The summed E-state index contributed by atoms with van der Waals surface area (Å²) in [6, 6.07) is 5.61. The summed E-state index contributed by atoms with van der Waals surface area (Å²) in [4.78, 5) is 11.9. The van der Waals surface area contributed by atoms with Gasteiger partial charge in [-0.1, -0.05) is 12.2 Å². The van der Waals surface area contributed by atoms with E-state index in [1.165, 1.54) is 19.2 Å². The number of anilines is 1. The fraction of sp³-hybridized carbons (Fsp3) is 0.400. The quantitative estimate of drug-likeness (QED) is 0.670. The van der Waals surface area contributed by atoms with E-state index in [4.69, 9.17) is 4.74 Å². The molecule has 2 unspecified atom stereocenters. The van der Waals surface area contributed by atoms with Crippen LogP contribution in [-0.2, 0) is 9.53 Å². The van der Waals surface area contributed by atoms with E-state index < -0.39 is 0 Å². The molecule has 0 amide bonds. The van der Waals surface area contributed by atoms with E-state index in [1.807, 2.05) is 0 Å². The second-order valence-corrected chi connectivity index (χ2v) is 4.70. The largest absolute Gasteiger partial charge is 0.467 e. The molecule has 2 atom stereocenters. The molecule has 0 spiro atoms. The lowest BCUT2D eigenvalue weighted by Gasteiger charge is -2.27. The third-order valence-corrected chi connectivity index (χ3v) is 3.40. The maximum Gasteiger partial charge on any atom is 0.328 e. The lowest BCUT2D eigenvalue weighted by molar-refractivity contribution is -0.142. The van der Waals surface area contributed by atoms with Gasteiger partial charge in [0.25, 0.3) is 0 Å². The molecule has 2 rings (SSSR count). The Labute approximate surface area is 112 Å². The van der Waals surface area contributed by atoms with Crippen molar-refractivity contribution < 1.29 is 13.9 Å². The van der Waals surface area contributed by atoms with Crippen LogP contribution in [0.5, 0.6) is 0 Å². The Morgan fingerprint density at radius 3 is 2.68 bits per heavy atom. The molecule has 0 aliphatic heterocycles. The summed E-state index contributed by atoms with van der Waals surface area (Å²) in [5.74, 6) is -0.354. The Bertz CT molecular complexity index is 456. The fourth-order valence-electron chi connectivity index (χ4n) is 2.34. The zero-order chi connectivity index (χ0) is 13.7. The molecule has 1 aliphatic rings. The summed E-state index contributed by atoms with van der Waals surface area (Å²) < 4.78 is 17.7. The van der Waals surface area contributed by atoms with E-state index in [0.717, 1.165) is 24.9 Å². The van der Waals surface area contributed by atoms with E-state index in [2.05, 4.69) is 17.5 Å². The number of nitrogens with one attached hydrogen (secondary N) is 1. The van der Waals surface area contributed by atoms with Gasteiger partial charge in [0.15, 0.2) is 0 Å². The van der Waals surface area contributed by atoms with Crippen molar-refractivity contribution in [3.8, 4) is 0 Å². The van der Waals surface area contributed by atoms with Crippen molar-refractivity contribution in [1.82, 2.24) is 0 Å². The minimum Gasteiger partial charge on any atom is -0.467 e. The van der Waals surface area contributed by atoms with E-state index in [-0.39, 0.29) is 23.7 Å². The first-order valence-electron chi connectivity index (χ1n) is 6.45. The van der Waals surface area contributed by atoms with Crippen LogP contribution in [0.15, 0.2) is 36.4 Å². The van der Waals surface area contributed by atoms with Crippen LogP contribution in [0.3, 0.4) is 0 Å². The molecule has 3 nitrogen and oxygen atoms in total. The summed E-state index contributed by atoms with van der Waals surface area (Å²) in [5, 5.41) is 3.15. The molecular weight excluding hydrogens is 245 g/mol. The van der Waals surface area contributed by atoms with Crippen molar-refractivity contribution in [2.24, 2.45) is 5.92 Å². The zero-order valence-corrected chi connectivity index (χ0v) is 10.9. The van der Waals surface area contributed by atoms with Gasteiger partial charge in [-0.3, -0.25) is 0 Å². The van der Waals surface area contributed by atoms with Gasteiger partial charge in [0.2, 0.25) is 0 Å². The highest BCUT2D eigenvalue weighted by Gasteiger charge is 2.29. The Kier molecular flexibility index (Phi) is 4.55. The summed E-state index contributed by atoms with van der Waals surface area (Å²) in [6.45, 7) is 0. The molecule has 0 radical (unpaired) electrons. The van der Waals surface area contributed by atoms with E-state index in [1.54, 1.807) is 12.1 Å². The average molecular weight is 263 g/mol. The first-order valence-corrected chi connectivity index (χ1v) is 6.45. The molecule has 0 bridgehead atoms. The third-order valence-electron chi connectivity index (χ3n) is 3.40. The van der Waals surface area contributed by atoms with Gasteiger partial charge in [-0.2, -0.15) is 0 Å². The topological polar surface area (TPSA) is 38.3 Å². The maximum atomic E-state index is 12.9. The minimum atomic E-state index is -0.389. The highest BCUT2D eigenvalue weighted by Crippen LogP contribution is 2.25. The highest BCUT2D eigenvalue weighted by molar-refractivity contribution is 5.79. The van der Waals surface area contributed by atoms with Crippen LogP contribution in [-0.4, -0.2) is 19.1 Å². The highest BCUT2D eigenvalue weighted by atomic mass is 19.1. The maximum absolute atomic E-state index is 12.9. The van der Waals surface area contributed by atoms with Crippen molar-refractivity contribution in [3.63, 3.8) is 0 Å². The van der Waals surface area contributed by atoms with Crippen molar-refractivity contribution in [3.05, 3.63) is 42.2 Å². The van der Waals surface area contributed by atoms with Crippen LogP contribution >= 0.6 is 0 Å². The van der Waals surface area contributed by atoms with Crippen LogP contribution in [0.25, 0.3) is 0 Å². The number of esters is 1. The van der Waals surface area contributed by atoms with Gasteiger partial charge in [-0.05, 0) is 49.4 Å². The predicted molar refractivity (Wildman–Crippen MR) is 72.3 cm³/mol. The molecule has 0 saturated carbocycles. The van der Waals surface area contributed by atoms with Gasteiger partial charge in [-0.25, -0.2) is 9.18 Å². The number of carbonyl (C=O) groups is 1.